The molecular formula is C16H34O. The van der Waals surface area contributed by atoms with Gasteiger partial charge in [0, 0.05) is 0 Å². The Kier molecular flexibility index (Phi) is 6.76. The lowest BCUT2D eigenvalue weighted by Crippen LogP contribution is -2.31. The molecule has 0 aliphatic heterocycles. The molecule has 1 N–H and O–H groups in total. The Hall–Kier alpha value is -0.0400. The minimum atomic E-state index is -0.205. The van der Waals surface area contributed by atoms with Crippen molar-refractivity contribution in [3.63, 3.8) is 0 Å². The molecule has 0 aromatic heterocycles. The summed E-state index contributed by atoms with van der Waals surface area (Å²) >= 11 is 0. The zero-order chi connectivity index (χ0) is 13.7. The van der Waals surface area contributed by atoms with E-state index in [-0.39, 0.29) is 11.5 Å². The smallest absolute Gasteiger partial charge is 0.0542 e. The minimum absolute atomic E-state index is 0.205. The molecule has 0 saturated heterocycles. The van der Waals surface area contributed by atoms with Gasteiger partial charge in [0.2, 0.25) is 0 Å². The molecule has 0 rings (SSSR count). The highest BCUT2D eigenvalue weighted by atomic mass is 16.3. The Labute approximate surface area is 109 Å². The van der Waals surface area contributed by atoms with E-state index >= 15 is 0 Å². The van der Waals surface area contributed by atoms with Crippen LogP contribution in [0, 0.1) is 16.7 Å². The van der Waals surface area contributed by atoms with Crippen LogP contribution >= 0.6 is 0 Å². The van der Waals surface area contributed by atoms with Gasteiger partial charge in [-0.2, -0.15) is 0 Å². The van der Waals surface area contributed by atoms with Gasteiger partial charge in [-0.1, -0.05) is 54.4 Å². The molecule has 0 aliphatic rings. The highest BCUT2D eigenvalue weighted by Gasteiger charge is 2.32. The molecule has 0 aromatic carbocycles. The second-order valence-corrected chi connectivity index (χ2v) is 6.93. The number of aliphatic hydroxyl groups is 1. The van der Waals surface area contributed by atoms with Gasteiger partial charge in [0.05, 0.1) is 6.10 Å². The van der Waals surface area contributed by atoms with Gasteiger partial charge in [-0.05, 0) is 42.9 Å². The monoisotopic (exact) mass is 242 g/mol. The Morgan fingerprint density at radius 1 is 0.941 bits per heavy atom. The van der Waals surface area contributed by atoms with Crippen LogP contribution in [0.15, 0.2) is 0 Å². The lowest BCUT2D eigenvalue weighted by Gasteiger charge is -2.38. The van der Waals surface area contributed by atoms with Gasteiger partial charge in [0.1, 0.15) is 0 Å². The van der Waals surface area contributed by atoms with E-state index in [2.05, 4.69) is 41.5 Å². The average Bonchev–Trinajstić information content (AvgIpc) is 2.26. The molecule has 0 aliphatic carbocycles. The van der Waals surface area contributed by atoms with Crippen molar-refractivity contribution in [2.24, 2.45) is 16.7 Å². The van der Waals surface area contributed by atoms with Crippen LogP contribution in [0.4, 0.5) is 0 Å². The van der Waals surface area contributed by atoms with Crippen LogP contribution in [0.2, 0.25) is 0 Å². The van der Waals surface area contributed by atoms with Crippen molar-refractivity contribution < 1.29 is 5.11 Å². The van der Waals surface area contributed by atoms with Crippen molar-refractivity contribution in [2.45, 2.75) is 86.7 Å². The molecule has 0 fully saturated rings. The van der Waals surface area contributed by atoms with Crippen molar-refractivity contribution in [3.05, 3.63) is 0 Å². The molecule has 1 heteroatoms. The highest BCUT2D eigenvalue weighted by Crippen LogP contribution is 2.41. The summed E-state index contributed by atoms with van der Waals surface area (Å²) in [5, 5.41) is 9.75. The third-order valence-electron chi connectivity index (χ3n) is 5.04. The van der Waals surface area contributed by atoms with Gasteiger partial charge in [-0.25, -0.2) is 0 Å². The predicted molar refractivity (Wildman–Crippen MR) is 77.2 cm³/mol. The molecule has 0 spiro atoms. The van der Waals surface area contributed by atoms with Crippen molar-refractivity contribution in [2.75, 3.05) is 0 Å². The normalized spacial score (nSPS) is 19.8. The third-order valence-corrected chi connectivity index (χ3v) is 5.04. The molecular weight excluding hydrogens is 208 g/mol. The summed E-state index contributed by atoms with van der Waals surface area (Å²) in [6, 6.07) is 0. The Morgan fingerprint density at radius 3 is 1.82 bits per heavy atom. The summed E-state index contributed by atoms with van der Waals surface area (Å²) in [4.78, 5) is 0. The average molecular weight is 242 g/mol. The number of rotatable bonds is 8. The fourth-order valence-electron chi connectivity index (χ4n) is 2.59. The first-order valence-electron chi connectivity index (χ1n) is 7.36. The number of aliphatic hydroxyl groups excluding tert-OH is 1. The van der Waals surface area contributed by atoms with E-state index in [9.17, 15) is 5.11 Å². The zero-order valence-electron chi connectivity index (χ0n) is 13.1. The third kappa shape index (κ3) is 5.42. The van der Waals surface area contributed by atoms with Gasteiger partial charge in [-0.15, -0.1) is 0 Å². The van der Waals surface area contributed by atoms with Crippen LogP contribution in [0.1, 0.15) is 80.6 Å². The van der Waals surface area contributed by atoms with Crippen LogP contribution in [-0.4, -0.2) is 11.2 Å². The first-order chi connectivity index (χ1) is 7.68. The number of hydrogen-bond donors (Lipinski definition) is 1. The van der Waals surface area contributed by atoms with Crippen LogP contribution < -0.4 is 0 Å². The van der Waals surface area contributed by atoms with E-state index < -0.39 is 0 Å². The predicted octanol–water partition coefficient (Wildman–Crippen LogP) is 5.03. The van der Waals surface area contributed by atoms with Crippen LogP contribution in [0.25, 0.3) is 0 Å². The molecule has 0 heterocycles. The Balaban J connectivity index is 4.42. The molecule has 0 saturated carbocycles. The summed E-state index contributed by atoms with van der Waals surface area (Å²) in [7, 11) is 0. The van der Waals surface area contributed by atoms with Gasteiger partial charge in [0.25, 0.3) is 0 Å². The summed E-state index contributed by atoms with van der Waals surface area (Å²) in [5.74, 6) is 0.366. The molecule has 0 bridgehead atoms. The minimum Gasteiger partial charge on any atom is -0.393 e. The SMILES string of the molecule is CCCC(C)(CC)CCC(C)(C)C(C)C(C)O. The van der Waals surface area contributed by atoms with E-state index in [0.717, 1.165) is 0 Å². The largest absolute Gasteiger partial charge is 0.393 e. The maximum Gasteiger partial charge on any atom is 0.0542 e. The summed E-state index contributed by atoms with van der Waals surface area (Å²) in [5.41, 5.74) is 0.725. The fraction of sp³-hybridized carbons (Fsp3) is 1.00. The molecule has 1 nitrogen and oxygen atoms in total. The van der Waals surface area contributed by atoms with E-state index in [1.807, 2.05) is 6.92 Å². The molecule has 0 radical (unpaired) electrons. The van der Waals surface area contributed by atoms with Crippen LogP contribution in [0.3, 0.4) is 0 Å². The first-order valence-corrected chi connectivity index (χ1v) is 7.36. The molecule has 0 aromatic rings. The molecule has 17 heavy (non-hydrogen) atoms. The maximum absolute atomic E-state index is 9.75. The van der Waals surface area contributed by atoms with E-state index in [4.69, 9.17) is 0 Å². The van der Waals surface area contributed by atoms with Crippen molar-refractivity contribution >= 4 is 0 Å². The van der Waals surface area contributed by atoms with E-state index in [1.165, 1.54) is 32.1 Å². The van der Waals surface area contributed by atoms with Crippen LogP contribution in [0.5, 0.6) is 0 Å². The second-order valence-electron chi connectivity index (χ2n) is 6.93. The first kappa shape index (κ1) is 17.0. The standard InChI is InChI=1S/C16H34O/c1-8-10-16(7,9-2)12-11-15(5,6)13(3)14(4)17/h13-14,17H,8-12H2,1-7H3. The molecule has 3 atom stereocenters. The topological polar surface area (TPSA) is 20.2 Å². The maximum atomic E-state index is 9.75. The Bertz CT molecular complexity index is 208. The fourth-order valence-corrected chi connectivity index (χ4v) is 2.59. The van der Waals surface area contributed by atoms with Gasteiger partial charge < -0.3 is 5.11 Å². The second kappa shape index (κ2) is 6.78. The van der Waals surface area contributed by atoms with Gasteiger partial charge in [0.15, 0.2) is 0 Å². The van der Waals surface area contributed by atoms with Crippen LogP contribution in [-0.2, 0) is 0 Å². The number of hydrogen-bond acceptors (Lipinski definition) is 1. The summed E-state index contributed by atoms with van der Waals surface area (Å²) in [6.07, 6.45) is 6.15. The van der Waals surface area contributed by atoms with Crippen molar-refractivity contribution in [3.8, 4) is 0 Å². The van der Waals surface area contributed by atoms with E-state index in [0.29, 0.717) is 11.3 Å². The molecule has 104 valence electrons. The summed E-state index contributed by atoms with van der Waals surface area (Å²) in [6.45, 7) is 15.7. The zero-order valence-corrected chi connectivity index (χ0v) is 13.1. The lowest BCUT2D eigenvalue weighted by molar-refractivity contribution is 0.0436. The highest BCUT2D eigenvalue weighted by molar-refractivity contribution is 4.82. The molecule has 3 unspecified atom stereocenters. The van der Waals surface area contributed by atoms with Crippen molar-refractivity contribution in [1.82, 2.24) is 0 Å². The van der Waals surface area contributed by atoms with Gasteiger partial charge in [-0.3, -0.25) is 0 Å². The van der Waals surface area contributed by atoms with Gasteiger partial charge >= 0.3 is 0 Å². The Morgan fingerprint density at radius 2 is 1.47 bits per heavy atom. The summed E-state index contributed by atoms with van der Waals surface area (Å²) < 4.78 is 0. The molecule has 0 amide bonds. The van der Waals surface area contributed by atoms with E-state index in [1.54, 1.807) is 0 Å². The lowest BCUT2D eigenvalue weighted by atomic mass is 9.69. The quantitative estimate of drug-likeness (QED) is 0.633. The van der Waals surface area contributed by atoms with Crippen molar-refractivity contribution in [1.29, 1.82) is 0 Å².